The van der Waals surface area contributed by atoms with Crippen LogP contribution >= 0.6 is 11.6 Å². The second kappa shape index (κ2) is 8.14. The summed E-state index contributed by atoms with van der Waals surface area (Å²) in [4.78, 5) is 4.56. The Morgan fingerprint density at radius 3 is 2.48 bits per heavy atom. The molecule has 4 nitrogen and oxygen atoms in total. The van der Waals surface area contributed by atoms with E-state index in [2.05, 4.69) is 28.9 Å². The molecule has 0 saturated heterocycles. The fourth-order valence-electron chi connectivity index (χ4n) is 3.55. The van der Waals surface area contributed by atoms with E-state index in [0.29, 0.717) is 28.0 Å². The van der Waals surface area contributed by atoms with Crippen molar-refractivity contribution in [3.05, 3.63) is 46.5 Å². The molecule has 29 heavy (non-hydrogen) atoms. The van der Waals surface area contributed by atoms with E-state index in [0.717, 1.165) is 23.9 Å². The van der Waals surface area contributed by atoms with Gasteiger partial charge in [0.1, 0.15) is 5.52 Å². The Morgan fingerprint density at radius 1 is 1.17 bits per heavy atom. The zero-order valence-electron chi connectivity index (χ0n) is 16.7. The molecule has 1 heterocycles. The van der Waals surface area contributed by atoms with E-state index in [1.165, 1.54) is 6.07 Å². The van der Waals surface area contributed by atoms with E-state index in [-0.39, 0.29) is 11.4 Å². The highest BCUT2D eigenvalue weighted by atomic mass is 35.5. The molecule has 0 amide bonds. The van der Waals surface area contributed by atoms with E-state index in [1.807, 2.05) is 23.7 Å². The molecule has 8 heteroatoms. The van der Waals surface area contributed by atoms with Gasteiger partial charge in [-0.2, -0.15) is 0 Å². The lowest BCUT2D eigenvalue weighted by atomic mass is 9.93. The molecule has 156 valence electrons. The van der Waals surface area contributed by atoms with Crippen LogP contribution in [0.1, 0.15) is 43.7 Å². The van der Waals surface area contributed by atoms with Crippen LogP contribution in [0.2, 0.25) is 5.02 Å². The number of alkyl halides is 3. The zero-order valence-corrected chi connectivity index (χ0v) is 17.4. The highest BCUT2D eigenvalue weighted by Crippen LogP contribution is 2.37. The average molecular weight is 426 g/mol. The number of ether oxygens (including phenoxy) is 1. The van der Waals surface area contributed by atoms with Gasteiger partial charge >= 0.3 is 6.36 Å². The minimum absolute atomic E-state index is 0.173. The molecule has 0 radical (unpaired) electrons. The predicted octanol–water partition coefficient (Wildman–Crippen LogP) is 7.08. The smallest absolute Gasteiger partial charge is 0.404 e. The highest BCUT2D eigenvalue weighted by Gasteiger charge is 2.32. The van der Waals surface area contributed by atoms with Crippen LogP contribution in [0.25, 0.3) is 11.0 Å². The average Bonchev–Trinajstić information content (AvgIpc) is 2.96. The summed E-state index contributed by atoms with van der Waals surface area (Å²) in [7, 11) is 1.82. The van der Waals surface area contributed by atoms with Gasteiger partial charge in [-0.3, -0.25) is 0 Å². The maximum Gasteiger partial charge on any atom is 0.573 e. The minimum Gasteiger partial charge on any atom is -0.404 e. The summed E-state index contributed by atoms with van der Waals surface area (Å²) < 4.78 is 44.5. The number of rotatable bonds is 6. The van der Waals surface area contributed by atoms with Crippen molar-refractivity contribution >= 4 is 34.3 Å². The summed E-state index contributed by atoms with van der Waals surface area (Å²) in [6.07, 6.45) is -2.87. The molecule has 0 saturated carbocycles. The number of fused-ring (bicyclic) bond motifs is 1. The predicted molar refractivity (Wildman–Crippen MR) is 110 cm³/mol. The molecular weight excluding hydrogens is 403 g/mol. The monoisotopic (exact) mass is 425 g/mol. The second-order valence-corrected chi connectivity index (χ2v) is 7.42. The molecule has 0 bridgehead atoms. The van der Waals surface area contributed by atoms with Crippen molar-refractivity contribution in [2.24, 2.45) is 7.05 Å². The fourth-order valence-corrected chi connectivity index (χ4v) is 3.74. The Morgan fingerprint density at radius 2 is 1.86 bits per heavy atom. The number of hydrogen-bond acceptors (Lipinski definition) is 3. The number of benzene rings is 2. The largest absolute Gasteiger partial charge is 0.573 e. The number of anilines is 2. The third-order valence-electron chi connectivity index (χ3n) is 5.04. The second-order valence-electron chi connectivity index (χ2n) is 7.01. The van der Waals surface area contributed by atoms with Gasteiger partial charge in [-0.1, -0.05) is 37.6 Å². The van der Waals surface area contributed by atoms with Gasteiger partial charge < -0.3 is 14.6 Å². The van der Waals surface area contributed by atoms with Gasteiger partial charge in [-0.05, 0) is 55.0 Å². The number of hydrogen-bond donors (Lipinski definition) is 1. The number of aryl methyl sites for hydroxylation is 2. The van der Waals surface area contributed by atoms with E-state index in [9.17, 15) is 13.2 Å². The standard InChI is InChI=1S/C21H23ClF3N3O/c1-5-13(6-2)14-8-9-15(22)18-19(14)28(4)20(27-18)26-16-10-7-12(3)11-17(16)29-21(23,24)25/h7-11,13H,5-6H2,1-4H3,(H,26,27). The van der Waals surface area contributed by atoms with Crippen LogP contribution in [0, 0.1) is 6.92 Å². The Bertz CT molecular complexity index is 1030. The summed E-state index contributed by atoms with van der Waals surface area (Å²) in [5.74, 6) is 0.411. The van der Waals surface area contributed by atoms with Gasteiger partial charge in [0.15, 0.2) is 5.75 Å². The number of nitrogens with one attached hydrogen (secondary N) is 1. The topological polar surface area (TPSA) is 39.1 Å². The van der Waals surface area contributed by atoms with E-state index >= 15 is 0 Å². The van der Waals surface area contributed by atoms with Crippen molar-refractivity contribution in [2.75, 3.05) is 5.32 Å². The van der Waals surface area contributed by atoms with Gasteiger partial charge in [0.2, 0.25) is 5.95 Å². The molecule has 0 unspecified atom stereocenters. The molecule has 3 aromatic rings. The Kier molecular flexibility index (Phi) is 5.98. The molecule has 2 aromatic carbocycles. The zero-order chi connectivity index (χ0) is 21.3. The lowest BCUT2D eigenvalue weighted by Crippen LogP contribution is -2.18. The maximum absolute atomic E-state index is 12.8. The summed E-state index contributed by atoms with van der Waals surface area (Å²) in [5.41, 5.74) is 3.43. The third kappa shape index (κ3) is 4.45. The van der Waals surface area contributed by atoms with Crippen LogP contribution in [0.15, 0.2) is 30.3 Å². The molecular formula is C21H23ClF3N3O. The van der Waals surface area contributed by atoms with Gasteiger partial charge in [-0.25, -0.2) is 4.98 Å². The van der Waals surface area contributed by atoms with Crippen molar-refractivity contribution < 1.29 is 17.9 Å². The van der Waals surface area contributed by atoms with Gasteiger partial charge in [0.05, 0.1) is 16.2 Å². The Balaban J connectivity index is 2.10. The third-order valence-corrected chi connectivity index (χ3v) is 5.34. The van der Waals surface area contributed by atoms with Crippen LogP contribution in [0.5, 0.6) is 5.75 Å². The highest BCUT2D eigenvalue weighted by molar-refractivity contribution is 6.35. The van der Waals surface area contributed by atoms with E-state index in [1.54, 1.807) is 19.1 Å². The summed E-state index contributed by atoms with van der Waals surface area (Å²) in [6, 6.07) is 8.40. The van der Waals surface area contributed by atoms with Crippen molar-refractivity contribution in [3.63, 3.8) is 0 Å². The molecule has 0 atom stereocenters. The van der Waals surface area contributed by atoms with Gasteiger partial charge in [-0.15, -0.1) is 13.2 Å². The van der Waals surface area contributed by atoms with Crippen LogP contribution in [-0.2, 0) is 7.05 Å². The molecule has 0 spiro atoms. The SMILES string of the molecule is CCC(CC)c1ccc(Cl)c2nc(Nc3ccc(C)cc3OC(F)(F)F)n(C)c12. The van der Waals surface area contributed by atoms with Crippen LogP contribution in [0.4, 0.5) is 24.8 Å². The molecule has 3 rings (SSSR count). The van der Waals surface area contributed by atoms with Crippen molar-refractivity contribution in [2.45, 2.75) is 45.9 Å². The first-order valence-electron chi connectivity index (χ1n) is 9.42. The molecule has 0 aliphatic carbocycles. The molecule has 0 aliphatic rings. The summed E-state index contributed by atoms with van der Waals surface area (Å²) >= 11 is 6.37. The number of nitrogens with zero attached hydrogens (tertiary/aromatic N) is 2. The van der Waals surface area contributed by atoms with Crippen LogP contribution in [0.3, 0.4) is 0 Å². The molecule has 0 fully saturated rings. The normalized spacial score (nSPS) is 12.0. The first-order valence-corrected chi connectivity index (χ1v) is 9.80. The number of aromatic nitrogens is 2. The fraction of sp³-hybridized carbons (Fsp3) is 0.381. The van der Waals surface area contributed by atoms with Crippen LogP contribution < -0.4 is 10.1 Å². The van der Waals surface area contributed by atoms with Crippen molar-refractivity contribution in [1.29, 1.82) is 0 Å². The lowest BCUT2D eigenvalue weighted by Gasteiger charge is -2.16. The van der Waals surface area contributed by atoms with Crippen LogP contribution in [-0.4, -0.2) is 15.9 Å². The Hall–Kier alpha value is -2.41. The molecule has 0 aliphatic heterocycles. The first-order chi connectivity index (χ1) is 13.6. The number of imidazole rings is 1. The van der Waals surface area contributed by atoms with Crippen molar-refractivity contribution in [1.82, 2.24) is 9.55 Å². The first kappa shape index (κ1) is 21.3. The van der Waals surface area contributed by atoms with E-state index < -0.39 is 6.36 Å². The van der Waals surface area contributed by atoms with Crippen molar-refractivity contribution in [3.8, 4) is 5.75 Å². The molecule has 1 aromatic heterocycles. The van der Waals surface area contributed by atoms with E-state index in [4.69, 9.17) is 11.6 Å². The summed E-state index contributed by atoms with van der Waals surface area (Å²) in [5, 5.41) is 3.47. The Labute approximate surface area is 172 Å². The quantitative estimate of drug-likeness (QED) is 0.458. The number of halogens is 4. The van der Waals surface area contributed by atoms with Gasteiger partial charge in [0.25, 0.3) is 0 Å². The minimum atomic E-state index is -4.79. The maximum atomic E-state index is 12.8. The lowest BCUT2D eigenvalue weighted by molar-refractivity contribution is -0.274. The van der Waals surface area contributed by atoms with Gasteiger partial charge in [0, 0.05) is 7.05 Å². The summed E-state index contributed by atoms with van der Waals surface area (Å²) in [6.45, 7) is 5.94. The molecule has 1 N–H and O–H groups in total.